The summed E-state index contributed by atoms with van der Waals surface area (Å²) < 4.78 is 0. The lowest BCUT2D eigenvalue weighted by Gasteiger charge is -2.32. The molecule has 1 aliphatic carbocycles. The Morgan fingerprint density at radius 2 is 1.81 bits per heavy atom. The first-order valence-corrected chi connectivity index (χ1v) is 12.6. The van der Waals surface area contributed by atoms with Gasteiger partial charge in [-0.05, 0) is 98.3 Å². The summed E-state index contributed by atoms with van der Waals surface area (Å²) in [4.78, 5) is 17.3. The van der Waals surface area contributed by atoms with Gasteiger partial charge in [-0.3, -0.25) is 9.69 Å². The highest BCUT2D eigenvalue weighted by atomic mass is 35.5. The molecule has 0 radical (unpaired) electrons. The number of amides is 1. The van der Waals surface area contributed by atoms with Gasteiger partial charge in [-0.2, -0.15) is 0 Å². The molecule has 2 aromatic rings. The highest BCUT2D eigenvalue weighted by Crippen LogP contribution is 2.36. The first-order valence-electron chi connectivity index (χ1n) is 12.2. The molecule has 5 heteroatoms. The zero-order valence-electron chi connectivity index (χ0n) is 18.9. The number of rotatable bonds is 8. The molecular weight excluding hydrogens is 418 g/mol. The lowest BCUT2D eigenvalue weighted by molar-refractivity contribution is 0.0771. The van der Waals surface area contributed by atoms with Crippen molar-refractivity contribution in [1.29, 1.82) is 0 Å². The molecular formula is C27H34ClN3O. The van der Waals surface area contributed by atoms with Crippen molar-refractivity contribution >= 4 is 23.2 Å². The number of halogens is 1. The number of piperidine rings is 1. The number of benzene rings is 2. The molecule has 0 unspecified atom stereocenters. The largest absolute Gasteiger partial charge is 0.399 e. The molecule has 2 N–H and O–H groups in total. The number of nitrogens with two attached hydrogens (primary N) is 1. The summed E-state index contributed by atoms with van der Waals surface area (Å²) in [5.41, 5.74) is 11.2. The molecule has 170 valence electrons. The molecule has 4 nitrogen and oxygen atoms in total. The Morgan fingerprint density at radius 3 is 2.56 bits per heavy atom. The molecule has 1 saturated carbocycles. The van der Waals surface area contributed by atoms with Gasteiger partial charge < -0.3 is 10.6 Å². The lowest BCUT2D eigenvalue weighted by Crippen LogP contribution is -2.33. The molecule has 0 bridgehead atoms. The highest BCUT2D eigenvalue weighted by Gasteiger charge is 2.34. The summed E-state index contributed by atoms with van der Waals surface area (Å²) in [5, 5.41) is 0.636. The SMILES string of the molecule is Nc1cccc(CCCC2CCN(Cc3cc(Cl)c4c(c3)CN(CC3CC3)C4=O)CC2)c1. The van der Waals surface area contributed by atoms with Crippen LogP contribution >= 0.6 is 11.6 Å². The van der Waals surface area contributed by atoms with E-state index in [0.29, 0.717) is 10.9 Å². The number of carbonyl (C=O) groups excluding carboxylic acids is 1. The molecule has 2 fully saturated rings. The number of nitrogen functional groups attached to an aromatic ring is 1. The number of nitrogens with zero attached hydrogens (tertiary/aromatic N) is 2. The average Bonchev–Trinajstić information content (AvgIpc) is 3.52. The van der Waals surface area contributed by atoms with E-state index in [-0.39, 0.29) is 5.91 Å². The van der Waals surface area contributed by atoms with Crippen LogP contribution in [0.5, 0.6) is 0 Å². The van der Waals surface area contributed by atoms with Gasteiger partial charge in [0.2, 0.25) is 0 Å². The van der Waals surface area contributed by atoms with Crippen LogP contribution in [0.2, 0.25) is 5.02 Å². The molecule has 2 heterocycles. The molecule has 2 aliphatic heterocycles. The quantitative estimate of drug-likeness (QED) is 0.537. The summed E-state index contributed by atoms with van der Waals surface area (Å²) in [7, 11) is 0. The summed E-state index contributed by atoms with van der Waals surface area (Å²) in [6.45, 7) is 4.84. The molecule has 0 spiro atoms. The van der Waals surface area contributed by atoms with Crippen LogP contribution in [-0.4, -0.2) is 35.3 Å². The van der Waals surface area contributed by atoms with Crippen LogP contribution in [0.1, 0.15) is 65.6 Å². The van der Waals surface area contributed by atoms with Gasteiger partial charge in [-0.25, -0.2) is 0 Å². The molecule has 0 aromatic heterocycles. The fourth-order valence-corrected chi connectivity index (χ4v) is 5.75. The third-order valence-electron chi connectivity index (χ3n) is 7.41. The Hall–Kier alpha value is -2.04. The predicted molar refractivity (Wildman–Crippen MR) is 131 cm³/mol. The second kappa shape index (κ2) is 9.44. The van der Waals surface area contributed by atoms with Crippen molar-refractivity contribution < 1.29 is 4.79 Å². The van der Waals surface area contributed by atoms with Gasteiger partial charge >= 0.3 is 0 Å². The van der Waals surface area contributed by atoms with Gasteiger partial charge in [0.25, 0.3) is 5.91 Å². The first-order chi connectivity index (χ1) is 15.5. The van der Waals surface area contributed by atoms with Crippen LogP contribution in [0.15, 0.2) is 36.4 Å². The van der Waals surface area contributed by atoms with Crippen LogP contribution in [0.25, 0.3) is 0 Å². The topological polar surface area (TPSA) is 49.6 Å². The Morgan fingerprint density at radius 1 is 1.00 bits per heavy atom. The fourth-order valence-electron chi connectivity index (χ4n) is 5.41. The summed E-state index contributed by atoms with van der Waals surface area (Å²) >= 11 is 6.57. The smallest absolute Gasteiger partial charge is 0.256 e. The van der Waals surface area contributed by atoms with E-state index in [2.05, 4.69) is 29.2 Å². The average molecular weight is 452 g/mol. The van der Waals surface area contributed by atoms with Crippen LogP contribution in [-0.2, 0) is 19.5 Å². The van der Waals surface area contributed by atoms with E-state index >= 15 is 0 Å². The standard InChI is InChI=1S/C27H34ClN3O/c28-25-15-22(13-23-18-31(17-21-7-8-21)27(32)26(23)25)16-30-11-9-19(10-12-30)3-1-4-20-5-2-6-24(29)14-20/h2,5-6,13-15,19,21H,1,3-4,7-12,16-18,29H2. The number of carbonyl (C=O) groups is 1. The number of anilines is 1. The highest BCUT2D eigenvalue weighted by molar-refractivity contribution is 6.34. The molecule has 1 amide bonds. The van der Waals surface area contributed by atoms with E-state index < -0.39 is 0 Å². The maximum absolute atomic E-state index is 12.7. The monoisotopic (exact) mass is 451 g/mol. The number of fused-ring (bicyclic) bond motifs is 1. The van der Waals surface area contributed by atoms with Crippen molar-refractivity contribution in [2.24, 2.45) is 11.8 Å². The van der Waals surface area contributed by atoms with Crippen LogP contribution < -0.4 is 5.73 Å². The van der Waals surface area contributed by atoms with E-state index in [1.54, 1.807) is 0 Å². The Balaban J connectivity index is 1.10. The number of aryl methyl sites for hydroxylation is 1. The third kappa shape index (κ3) is 5.13. The minimum Gasteiger partial charge on any atom is -0.399 e. The first kappa shape index (κ1) is 21.8. The molecule has 1 saturated heterocycles. The van der Waals surface area contributed by atoms with Crippen molar-refractivity contribution in [2.75, 3.05) is 25.4 Å². The number of likely N-dealkylation sites (tertiary alicyclic amines) is 1. The second-order valence-corrected chi connectivity index (χ2v) is 10.5. The van der Waals surface area contributed by atoms with Gasteiger partial charge in [-0.1, -0.05) is 36.2 Å². The van der Waals surface area contributed by atoms with Crippen molar-refractivity contribution in [3.8, 4) is 0 Å². The zero-order valence-corrected chi connectivity index (χ0v) is 19.6. The molecule has 2 aromatic carbocycles. The minimum atomic E-state index is 0.127. The van der Waals surface area contributed by atoms with Crippen molar-refractivity contribution in [3.63, 3.8) is 0 Å². The van der Waals surface area contributed by atoms with E-state index in [9.17, 15) is 4.79 Å². The fraction of sp³-hybridized carbons (Fsp3) is 0.519. The van der Waals surface area contributed by atoms with Crippen molar-refractivity contribution in [3.05, 3.63) is 63.7 Å². The Bertz CT molecular complexity index is 979. The van der Waals surface area contributed by atoms with Gasteiger partial charge in [0, 0.05) is 25.3 Å². The molecule has 3 aliphatic rings. The lowest BCUT2D eigenvalue weighted by atomic mass is 9.90. The molecule has 5 rings (SSSR count). The van der Waals surface area contributed by atoms with Gasteiger partial charge in [0.1, 0.15) is 0 Å². The van der Waals surface area contributed by atoms with E-state index in [1.165, 1.54) is 49.7 Å². The predicted octanol–water partition coefficient (Wildman–Crippen LogP) is 5.52. The maximum atomic E-state index is 12.7. The molecule has 32 heavy (non-hydrogen) atoms. The Labute approximate surface area is 196 Å². The van der Waals surface area contributed by atoms with Gasteiger partial charge in [0.05, 0.1) is 10.6 Å². The summed E-state index contributed by atoms with van der Waals surface area (Å²) in [6.07, 6.45) is 8.71. The second-order valence-electron chi connectivity index (χ2n) is 10.1. The van der Waals surface area contributed by atoms with Crippen LogP contribution in [0, 0.1) is 11.8 Å². The van der Waals surface area contributed by atoms with E-state index in [0.717, 1.165) is 61.9 Å². The van der Waals surface area contributed by atoms with E-state index in [1.807, 2.05) is 17.0 Å². The Kier molecular flexibility index (Phi) is 6.43. The third-order valence-corrected chi connectivity index (χ3v) is 7.71. The maximum Gasteiger partial charge on any atom is 0.256 e. The van der Waals surface area contributed by atoms with Crippen LogP contribution in [0.3, 0.4) is 0 Å². The number of hydrogen-bond acceptors (Lipinski definition) is 3. The van der Waals surface area contributed by atoms with Crippen LogP contribution in [0.4, 0.5) is 5.69 Å². The number of hydrogen-bond donors (Lipinski definition) is 1. The zero-order chi connectivity index (χ0) is 22.1. The normalized spacial score (nSPS) is 19.5. The van der Waals surface area contributed by atoms with E-state index in [4.69, 9.17) is 17.3 Å². The summed E-state index contributed by atoms with van der Waals surface area (Å²) in [5.74, 6) is 1.66. The van der Waals surface area contributed by atoms with Crippen molar-refractivity contribution in [1.82, 2.24) is 9.80 Å². The van der Waals surface area contributed by atoms with Crippen molar-refractivity contribution in [2.45, 2.75) is 58.0 Å². The van der Waals surface area contributed by atoms with Gasteiger partial charge in [0.15, 0.2) is 0 Å². The summed E-state index contributed by atoms with van der Waals surface area (Å²) in [6, 6.07) is 12.5. The molecule has 0 atom stereocenters. The van der Waals surface area contributed by atoms with Gasteiger partial charge in [-0.15, -0.1) is 0 Å². The minimum absolute atomic E-state index is 0.127.